The van der Waals surface area contributed by atoms with Gasteiger partial charge in [0.15, 0.2) is 0 Å². The molecule has 1 aromatic carbocycles. The third-order valence-corrected chi connectivity index (χ3v) is 5.80. The Kier molecular flexibility index (Phi) is 5.46. The van der Waals surface area contributed by atoms with Crippen LogP contribution in [0.15, 0.2) is 35.2 Å². The van der Waals surface area contributed by atoms with E-state index in [1.165, 1.54) is 4.90 Å². The van der Waals surface area contributed by atoms with Crippen molar-refractivity contribution in [3.63, 3.8) is 0 Å². The van der Waals surface area contributed by atoms with Crippen LogP contribution in [0.1, 0.15) is 12.8 Å². The highest BCUT2D eigenvalue weighted by Crippen LogP contribution is 2.36. The summed E-state index contributed by atoms with van der Waals surface area (Å²) in [6.07, 6.45) is -0.0815. The molecule has 1 heterocycles. The summed E-state index contributed by atoms with van der Waals surface area (Å²) < 4.78 is 0. The monoisotopic (exact) mass is 336 g/mol. The van der Waals surface area contributed by atoms with E-state index in [1.54, 1.807) is 11.8 Å². The molecule has 0 unspecified atom stereocenters. The molecule has 5 nitrogen and oxygen atoms in total. The summed E-state index contributed by atoms with van der Waals surface area (Å²) in [5, 5.41) is 22.5. The highest BCUT2D eigenvalue weighted by atomic mass is 32.2. The van der Waals surface area contributed by atoms with E-state index in [9.17, 15) is 15.0 Å². The maximum atomic E-state index is 12.2. The molecule has 4 atom stereocenters. The highest BCUT2D eigenvalue weighted by Gasteiger charge is 2.42. The van der Waals surface area contributed by atoms with Crippen LogP contribution in [0.4, 0.5) is 4.79 Å². The van der Waals surface area contributed by atoms with Crippen LogP contribution in [0.25, 0.3) is 0 Å². The number of urea groups is 1. The van der Waals surface area contributed by atoms with Gasteiger partial charge in [-0.25, -0.2) is 4.79 Å². The minimum Gasteiger partial charge on any atom is -0.390 e. The summed E-state index contributed by atoms with van der Waals surface area (Å²) in [5.74, 6) is 1.48. The predicted molar refractivity (Wildman–Crippen MR) is 90.4 cm³/mol. The number of rotatable bonds is 4. The standard InChI is InChI=1S/C17H24N2O3S/c20-15-8-12-10-19(11-13(12)9-16(15)21)17(22)18-6-7-23-14-4-2-1-3-5-14/h1-5,12-13,15-16,20-21H,6-11H2,(H,18,22)/t12-,13+,15+,16-. The van der Waals surface area contributed by atoms with Crippen molar-refractivity contribution < 1.29 is 15.0 Å². The van der Waals surface area contributed by atoms with Gasteiger partial charge in [0.2, 0.25) is 0 Å². The largest absolute Gasteiger partial charge is 0.390 e. The molecule has 23 heavy (non-hydrogen) atoms. The number of carbonyl (C=O) groups is 1. The first kappa shape index (κ1) is 16.6. The van der Waals surface area contributed by atoms with Gasteiger partial charge in [0.25, 0.3) is 0 Å². The lowest BCUT2D eigenvalue weighted by Crippen LogP contribution is -2.39. The fourth-order valence-corrected chi connectivity index (χ4v) is 4.32. The summed E-state index contributed by atoms with van der Waals surface area (Å²) in [6, 6.07) is 10.1. The average Bonchev–Trinajstić information content (AvgIpc) is 2.95. The lowest BCUT2D eigenvalue weighted by Gasteiger charge is -2.31. The molecule has 2 amide bonds. The molecule has 3 rings (SSSR count). The minimum atomic E-state index is -0.637. The Hall–Kier alpha value is -1.24. The molecule has 6 heteroatoms. The third kappa shape index (κ3) is 4.19. The van der Waals surface area contributed by atoms with Crippen molar-refractivity contribution in [2.75, 3.05) is 25.4 Å². The smallest absolute Gasteiger partial charge is 0.317 e. The van der Waals surface area contributed by atoms with Crippen LogP contribution in [0, 0.1) is 11.8 Å². The number of aliphatic hydroxyl groups excluding tert-OH is 2. The van der Waals surface area contributed by atoms with Gasteiger partial charge in [0.1, 0.15) is 0 Å². The maximum Gasteiger partial charge on any atom is 0.317 e. The van der Waals surface area contributed by atoms with E-state index in [1.807, 2.05) is 23.1 Å². The fourth-order valence-electron chi connectivity index (χ4n) is 3.53. The van der Waals surface area contributed by atoms with Gasteiger partial charge < -0.3 is 20.4 Å². The SMILES string of the molecule is O=C(NCCSc1ccccc1)N1C[C@H]2C[C@H](O)[C@H](O)C[C@H]2C1. The number of hydrogen-bond acceptors (Lipinski definition) is 4. The van der Waals surface area contributed by atoms with Gasteiger partial charge in [-0.1, -0.05) is 18.2 Å². The topological polar surface area (TPSA) is 72.8 Å². The van der Waals surface area contributed by atoms with E-state index in [-0.39, 0.29) is 6.03 Å². The normalized spacial score (nSPS) is 30.1. The molecule has 0 spiro atoms. The van der Waals surface area contributed by atoms with Gasteiger partial charge in [-0.15, -0.1) is 11.8 Å². The Balaban J connectivity index is 1.39. The molecule has 0 bridgehead atoms. The summed E-state index contributed by atoms with van der Waals surface area (Å²) in [6.45, 7) is 2.01. The molecule has 2 fully saturated rings. The van der Waals surface area contributed by atoms with Crippen molar-refractivity contribution in [1.29, 1.82) is 0 Å². The molecule has 2 aliphatic rings. The highest BCUT2D eigenvalue weighted by molar-refractivity contribution is 7.99. The van der Waals surface area contributed by atoms with E-state index >= 15 is 0 Å². The van der Waals surface area contributed by atoms with Gasteiger partial charge in [-0.3, -0.25) is 0 Å². The zero-order valence-electron chi connectivity index (χ0n) is 13.1. The van der Waals surface area contributed by atoms with E-state index in [0.717, 1.165) is 5.75 Å². The second kappa shape index (κ2) is 7.55. The number of likely N-dealkylation sites (tertiary alicyclic amines) is 1. The number of thioether (sulfide) groups is 1. The summed E-state index contributed by atoms with van der Waals surface area (Å²) in [7, 11) is 0. The zero-order valence-corrected chi connectivity index (χ0v) is 13.9. The molecule has 0 radical (unpaired) electrons. The van der Waals surface area contributed by atoms with Gasteiger partial charge in [-0.05, 0) is 36.8 Å². The van der Waals surface area contributed by atoms with E-state index in [4.69, 9.17) is 0 Å². The Labute approximate surface area is 141 Å². The van der Waals surface area contributed by atoms with Gasteiger partial charge in [0.05, 0.1) is 12.2 Å². The number of amides is 2. The third-order valence-electron chi connectivity index (χ3n) is 4.79. The summed E-state index contributed by atoms with van der Waals surface area (Å²) in [4.78, 5) is 15.3. The number of aliphatic hydroxyl groups is 2. The average molecular weight is 336 g/mol. The van der Waals surface area contributed by atoms with Crippen LogP contribution >= 0.6 is 11.8 Å². The van der Waals surface area contributed by atoms with Gasteiger partial charge in [0, 0.05) is 30.3 Å². The number of nitrogens with one attached hydrogen (secondary N) is 1. The Morgan fingerprint density at radius 2 is 1.74 bits per heavy atom. The first-order valence-electron chi connectivity index (χ1n) is 8.20. The molecule has 1 saturated heterocycles. The number of benzene rings is 1. The molecule has 0 aromatic heterocycles. The maximum absolute atomic E-state index is 12.2. The van der Waals surface area contributed by atoms with Crippen LogP contribution in [0.5, 0.6) is 0 Å². The molecule has 1 aliphatic carbocycles. The summed E-state index contributed by atoms with van der Waals surface area (Å²) >= 11 is 1.73. The van der Waals surface area contributed by atoms with Crippen LogP contribution < -0.4 is 5.32 Å². The molecule has 1 saturated carbocycles. The number of hydrogen-bond donors (Lipinski definition) is 3. The minimum absolute atomic E-state index is 0.0305. The second-order valence-corrected chi connectivity index (χ2v) is 7.59. The van der Waals surface area contributed by atoms with Crippen molar-refractivity contribution in [2.45, 2.75) is 29.9 Å². The Morgan fingerprint density at radius 1 is 1.13 bits per heavy atom. The fraction of sp³-hybridized carbons (Fsp3) is 0.588. The molecule has 3 N–H and O–H groups in total. The van der Waals surface area contributed by atoms with Crippen LogP contribution in [-0.2, 0) is 0 Å². The lowest BCUT2D eigenvalue weighted by atomic mass is 9.79. The quantitative estimate of drug-likeness (QED) is 0.576. The zero-order chi connectivity index (χ0) is 16.2. The molecular formula is C17H24N2O3S. The lowest BCUT2D eigenvalue weighted by molar-refractivity contribution is -0.0372. The van der Waals surface area contributed by atoms with Gasteiger partial charge >= 0.3 is 6.03 Å². The van der Waals surface area contributed by atoms with E-state index < -0.39 is 12.2 Å². The van der Waals surface area contributed by atoms with Crippen LogP contribution in [0.2, 0.25) is 0 Å². The second-order valence-electron chi connectivity index (χ2n) is 6.42. The molecule has 1 aromatic rings. The van der Waals surface area contributed by atoms with Crippen molar-refractivity contribution in [1.82, 2.24) is 10.2 Å². The Bertz CT molecular complexity index is 510. The molecule has 1 aliphatic heterocycles. The predicted octanol–water partition coefficient (Wildman–Crippen LogP) is 1.55. The number of carbonyl (C=O) groups excluding carboxylic acids is 1. The van der Waals surface area contributed by atoms with Crippen molar-refractivity contribution >= 4 is 17.8 Å². The van der Waals surface area contributed by atoms with Gasteiger partial charge in [-0.2, -0.15) is 0 Å². The van der Waals surface area contributed by atoms with Crippen LogP contribution in [0.3, 0.4) is 0 Å². The van der Waals surface area contributed by atoms with Crippen molar-refractivity contribution in [2.24, 2.45) is 11.8 Å². The number of fused-ring (bicyclic) bond motifs is 1. The molecular weight excluding hydrogens is 312 g/mol. The van der Waals surface area contributed by atoms with E-state index in [2.05, 4.69) is 17.4 Å². The van der Waals surface area contributed by atoms with E-state index in [0.29, 0.717) is 44.3 Å². The van der Waals surface area contributed by atoms with Crippen molar-refractivity contribution in [3.8, 4) is 0 Å². The number of nitrogens with zero attached hydrogens (tertiary/aromatic N) is 1. The summed E-state index contributed by atoms with van der Waals surface area (Å²) in [5.41, 5.74) is 0. The first-order valence-corrected chi connectivity index (χ1v) is 9.19. The Morgan fingerprint density at radius 3 is 2.35 bits per heavy atom. The van der Waals surface area contributed by atoms with Crippen molar-refractivity contribution in [3.05, 3.63) is 30.3 Å². The first-order chi connectivity index (χ1) is 11.1. The molecule has 126 valence electrons. The van der Waals surface area contributed by atoms with Crippen LogP contribution in [-0.4, -0.2) is 58.7 Å².